The van der Waals surface area contributed by atoms with E-state index in [0.29, 0.717) is 25.1 Å². The fraction of sp³-hybridized carbons (Fsp3) is 0.400. The number of aliphatic hydroxyl groups excluding tert-OH is 1. The van der Waals surface area contributed by atoms with Crippen molar-refractivity contribution in [2.24, 2.45) is 5.92 Å². The van der Waals surface area contributed by atoms with Gasteiger partial charge in [0.25, 0.3) is 5.91 Å². The molecule has 3 rings (SSSR count). The number of aliphatic hydroxyl groups is 1. The van der Waals surface area contributed by atoms with Crippen molar-refractivity contribution < 1.29 is 9.90 Å². The normalized spacial score (nSPS) is 23.8. The minimum absolute atomic E-state index is 0.0480. The van der Waals surface area contributed by atoms with Crippen molar-refractivity contribution in [1.29, 1.82) is 0 Å². The van der Waals surface area contributed by atoms with Crippen LogP contribution in [-0.4, -0.2) is 40.1 Å². The summed E-state index contributed by atoms with van der Waals surface area (Å²) in [6.45, 7) is 3.23. The quantitative estimate of drug-likeness (QED) is 0.822. The van der Waals surface area contributed by atoms with E-state index in [1.54, 1.807) is 0 Å². The Hall–Kier alpha value is -1.81. The predicted octanol–water partition coefficient (Wildman–Crippen LogP) is 2.01. The highest BCUT2D eigenvalue weighted by Gasteiger charge is 2.28. The number of aromatic amines is 1. The molecule has 1 saturated heterocycles. The fourth-order valence-electron chi connectivity index (χ4n) is 2.75. The molecule has 1 aromatic heterocycles. The Morgan fingerprint density at radius 3 is 3.05 bits per heavy atom. The molecule has 4 heteroatoms. The van der Waals surface area contributed by atoms with Gasteiger partial charge in [0, 0.05) is 24.7 Å². The molecule has 4 nitrogen and oxygen atoms in total. The molecule has 1 fully saturated rings. The van der Waals surface area contributed by atoms with Crippen LogP contribution >= 0.6 is 0 Å². The van der Waals surface area contributed by atoms with E-state index in [0.717, 1.165) is 10.9 Å². The summed E-state index contributed by atoms with van der Waals surface area (Å²) in [6.07, 6.45) is 2.22. The lowest BCUT2D eigenvalue weighted by Crippen LogP contribution is -2.45. The number of hydrogen-bond donors (Lipinski definition) is 2. The van der Waals surface area contributed by atoms with Crippen LogP contribution in [0.15, 0.2) is 30.5 Å². The molecule has 0 aliphatic carbocycles. The average Bonchev–Trinajstić information content (AvgIpc) is 2.89. The van der Waals surface area contributed by atoms with E-state index in [-0.39, 0.29) is 17.9 Å². The van der Waals surface area contributed by atoms with E-state index in [1.165, 1.54) is 0 Å². The van der Waals surface area contributed by atoms with Crippen molar-refractivity contribution in [3.8, 4) is 0 Å². The number of piperidine rings is 1. The first-order valence-electron chi connectivity index (χ1n) is 6.70. The minimum Gasteiger partial charge on any atom is -0.393 e. The Bertz CT molecular complexity index is 605. The number of nitrogens with one attached hydrogen (secondary N) is 1. The van der Waals surface area contributed by atoms with Gasteiger partial charge in [-0.25, -0.2) is 0 Å². The third-order valence-electron chi connectivity index (χ3n) is 3.96. The second kappa shape index (κ2) is 4.70. The van der Waals surface area contributed by atoms with E-state index in [1.807, 2.05) is 42.3 Å². The maximum Gasteiger partial charge on any atom is 0.255 e. The Balaban J connectivity index is 1.90. The number of H-pyrrole nitrogens is 1. The predicted molar refractivity (Wildman–Crippen MR) is 74.0 cm³/mol. The number of rotatable bonds is 1. The maximum absolute atomic E-state index is 12.6. The van der Waals surface area contributed by atoms with E-state index in [2.05, 4.69) is 4.98 Å². The highest BCUT2D eigenvalue weighted by molar-refractivity contribution is 6.05. The molecule has 0 bridgehead atoms. The van der Waals surface area contributed by atoms with Crippen molar-refractivity contribution in [1.82, 2.24) is 9.88 Å². The highest BCUT2D eigenvalue weighted by atomic mass is 16.3. The number of nitrogens with zero attached hydrogens (tertiary/aromatic N) is 1. The number of amides is 1. The summed E-state index contributed by atoms with van der Waals surface area (Å²) in [7, 11) is 0. The van der Waals surface area contributed by atoms with Gasteiger partial charge in [0.15, 0.2) is 0 Å². The van der Waals surface area contributed by atoms with Gasteiger partial charge in [-0.2, -0.15) is 0 Å². The molecular formula is C15H18N2O2. The van der Waals surface area contributed by atoms with Gasteiger partial charge in [0.2, 0.25) is 0 Å². The van der Waals surface area contributed by atoms with Gasteiger partial charge in [-0.05, 0) is 24.5 Å². The zero-order valence-corrected chi connectivity index (χ0v) is 11.0. The Kier molecular flexibility index (Phi) is 3.03. The number of hydrogen-bond acceptors (Lipinski definition) is 2. The molecule has 2 N–H and O–H groups in total. The smallest absolute Gasteiger partial charge is 0.255 e. The molecule has 2 unspecified atom stereocenters. The third-order valence-corrected chi connectivity index (χ3v) is 3.96. The second-order valence-electron chi connectivity index (χ2n) is 5.33. The molecule has 19 heavy (non-hydrogen) atoms. The highest BCUT2D eigenvalue weighted by Crippen LogP contribution is 2.22. The molecule has 0 spiro atoms. The fourth-order valence-corrected chi connectivity index (χ4v) is 2.75. The summed E-state index contributed by atoms with van der Waals surface area (Å²) in [5, 5.41) is 10.8. The van der Waals surface area contributed by atoms with Crippen LogP contribution in [-0.2, 0) is 0 Å². The Morgan fingerprint density at radius 2 is 2.26 bits per heavy atom. The first-order chi connectivity index (χ1) is 9.16. The molecule has 2 atom stereocenters. The van der Waals surface area contributed by atoms with Gasteiger partial charge in [0.1, 0.15) is 0 Å². The molecular weight excluding hydrogens is 240 g/mol. The molecule has 1 aromatic carbocycles. The standard InChI is InChI=1S/C15H18N2O2/c1-10-9-17(8-6-13(10)18)15(19)12-4-2-3-11-5-7-16-14(11)12/h2-5,7,10,13,16,18H,6,8-9H2,1H3. The van der Waals surface area contributed by atoms with Crippen LogP contribution in [0.4, 0.5) is 0 Å². The van der Waals surface area contributed by atoms with Gasteiger partial charge in [-0.1, -0.05) is 19.1 Å². The lowest BCUT2D eigenvalue weighted by molar-refractivity contribution is 0.0298. The average molecular weight is 258 g/mol. The monoisotopic (exact) mass is 258 g/mol. The summed E-state index contributed by atoms with van der Waals surface area (Å²) in [5.41, 5.74) is 1.61. The van der Waals surface area contributed by atoms with Gasteiger partial charge in [0.05, 0.1) is 17.2 Å². The number of fused-ring (bicyclic) bond motifs is 1. The van der Waals surface area contributed by atoms with Gasteiger partial charge in [-0.3, -0.25) is 4.79 Å². The molecule has 0 saturated carbocycles. The molecule has 1 aliphatic rings. The van der Waals surface area contributed by atoms with Gasteiger partial charge < -0.3 is 15.0 Å². The molecule has 2 aromatic rings. The van der Waals surface area contributed by atoms with Crippen LogP contribution in [0.25, 0.3) is 10.9 Å². The summed E-state index contributed by atoms with van der Waals surface area (Å²) < 4.78 is 0. The lowest BCUT2D eigenvalue weighted by atomic mass is 9.96. The number of aromatic nitrogens is 1. The topological polar surface area (TPSA) is 56.3 Å². The summed E-state index contributed by atoms with van der Waals surface area (Å²) in [4.78, 5) is 17.6. The van der Waals surface area contributed by atoms with Crippen molar-refractivity contribution in [3.05, 3.63) is 36.0 Å². The summed E-state index contributed by atoms with van der Waals surface area (Å²) >= 11 is 0. The number of likely N-dealkylation sites (tertiary alicyclic amines) is 1. The van der Waals surface area contributed by atoms with Gasteiger partial charge in [-0.15, -0.1) is 0 Å². The first kappa shape index (κ1) is 12.2. The number of carbonyl (C=O) groups is 1. The summed E-state index contributed by atoms with van der Waals surface area (Å²) in [6, 6.07) is 7.72. The largest absolute Gasteiger partial charge is 0.393 e. The Morgan fingerprint density at radius 1 is 1.42 bits per heavy atom. The number of benzene rings is 1. The third kappa shape index (κ3) is 2.12. The number of carbonyl (C=O) groups excluding carboxylic acids is 1. The summed E-state index contributed by atoms with van der Waals surface area (Å²) in [5.74, 6) is 0.187. The van der Waals surface area contributed by atoms with Crippen LogP contribution in [0.1, 0.15) is 23.7 Å². The van der Waals surface area contributed by atoms with Gasteiger partial charge >= 0.3 is 0 Å². The number of para-hydroxylation sites is 1. The molecule has 100 valence electrons. The SMILES string of the molecule is CC1CN(C(=O)c2cccc3cc[nH]c23)CCC1O. The van der Waals surface area contributed by atoms with Crippen LogP contribution < -0.4 is 0 Å². The van der Waals surface area contributed by atoms with E-state index >= 15 is 0 Å². The van der Waals surface area contributed by atoms with E-state index < -0.39 is 0 Å². The van der Waals surface area contributed by atoms with E-state index in [9.17, 15) is 9.90 Å². The minimum atomic E-state index is -0.287. The molecule has 1 amide bonds. The van der Waals surface area contributed by atoms with Crippen molar-refractivity contribution in [2.45, 2.75) is 19.4 Å². The first-order valence-corrected chi connectivity index (χ1v) is 6.70. The van der Waals surface area contributed by atoms with E-state index in [4.69, 9.17) is 0 Å². The maximum atomic E-state index is 12.6. The van der Waals surface area contributed by atoms with Crippen LogP contribution in [0.2, 0.25) is 0 Å². The lowest BCUT2D eigenvalue weighted by Gasteiger charge is -2.34. The zero-order chi connectivity index (χ0) is 13.4. The Labute approximate surface area is 112 Å². The molecule has 0 radical (unpaired) electrons. The van der Waals surface area contributed by atoms with Crippen molar-refractivity contribution in [3.63, 3.8) is 0 Å². The second-order valence-corrected chi connectivity index (χ2v) is 5.33. The van der Waals surface area contributed by atoms with Crippen LogP contribution in [0.5, 0.6) is 0 Å². The van der Waals surface area contributed by atoms with Crippen molar-refractivity contribution >= 4 is 16.8 Å². The zero-order valence-electron chi connectivity index (χ0n) is 11.0. The van der Waals surface area contributed by atoms with Crippen LogP contribution in [0, 0.1) is 5.92 Å². The molecule has 2 heterocycles. The molecule has 1 aliphatic heterocycles. The van der Waals surface area contributed by atoms with Crippen molar-refractivity contribution in [2.75, 3.05) is 13.1 Å². The van der Waals surface area contributed by atoms with Crippen LogP contribution in [0.3, 0.4) is 0 Å².